The molecule has 1 aromatic carbocycles. The third-order valence-corrected chi connectivity index (χ3v) is 6.91. The maximum Gasteiger partial charge on any atom is 0.307 e. The van der Waals surface area contributed by atoms with Gasteiger partial charge in [0.2, 0.25) is 11.8 Å². The molecule has 0 aliphatic carbocycles. The molecule has 2 heterocycles. The maximum atomic E-state index is 13.5. The molecule has 0 saturated carbocycles. The summed E-state index contributed by atoms with van der Waals surface area (Å²) in [6, 6.07) is 10.1. The number of rotatable bonds is 10. The van der Waals surface area contributed by atoms with Crippen molar-refractivity contribution in [1.29, 1.82) is 0 Å². The summed E-state index contributed by atoms with van der Waals surface area (Å²) < 4.78 is 5.09. The molecule has 1 atom stereocenters. The summed E-state index contributed by atoms with van der Waals surface area (Å²) in [5.74, 6) is -0.275. The van der Waals surface area contributed by atoms with E-state index >= 15 is 0 Å². The molecule has 1 aromatic rings. The number of esters is 1. The van der Waals surface area contributed by atoms with Crippen LogP contribution < -0.4 is 0 Å². The first kappa shape index (κ1) is 25.9. The molecule has 0 bridgehead atoms. The van der Waals surface area contributed by atoms with E-state index in [4.69, 9.17) is 4.74 Å². The normalized spacial score (nSPS) is 19.5. The number of amides is 2. The van der Waals surface area contributed by atoms with Gasteiger partial charge in [-0.15, -0.1) is 0 Å². The fourth-order valence-corrected chi connectivity index (χ4v) is 4.97. The van der Waals surface area contributed by atoms with Crippen molar-refractivity contribution < 1.29 is 19.1 Å². The molecule has 7 heteroatoms. The molecule has 2 aliphatic rings. The number of hydrogen-bond donors (Lipinski definition) is 0. The molecule has 0 radical (unpaired) electrons. The zero-order chi connectivity index (χ0) is 24.3. The minimum atomic E-state index is -0.260. The van der Waals surface area contributed by atoms with Gasteiger partial charge in [-0.1, -0.05) is 37.3 Å². The summed E-state index contributed by atoms with van der Waals surface area (Å²) in [7, 11) is 0. The second kappa shape index (κ2) is 13.3. The summed E-state index contributed by atoms with van der Waals surface area (Å²) in [6.07, 6.45) is 7.21. The Morgan fingerprint density at radius 2 is 1.79 bits per heavy atom. The highest BCUT2D eigenvalue weighted by Crippen LogP contribution is 2.23. The predicted molar refractivity (Wildman–Crippen MR) is 133 cm³/mol. The molecular formula is C27H39N3O4. The second-order valence-corrected chi connectivity index (χ2v) is 9.11. The molecule has 0 N–H and O–H groups in total. The van der Waals surface area contributed by atoms with E-state index < -0.39 is 0 Å². The summed E-state index contributed by atoms with van der Waals surface area (Å²) in [5, 5.41) is 0. The van der Waals surface area contributed by atoms with Gasteiger partial charge in [-0.25, -0.2) is 0 Å². The van der Waals surface area contributed by atoms with Crippen molar-refractivity contribution in [3.8, 4) is 0 Å². The van der Waals surface area contributed by atoms with Crippen LogP contribution in [0.15, 0.2) is 36.4 Å². The lowest BCUT2D eigenvalue weighted by Crippen LogP contribution is -2.48. The molecule has 0 aromatic heterocycles. The van der Waals surface area contributed by atoms with E-state index in [-0.39, 0.29) is 30.1 Å². The van der Waals surface area contributed by atoms with E-state index in [1.54, 1.807) is 13.0 Å². The predicted octanol–water partition coefficient (Wildman–Crippen LogP) is 3.20. The van der Waals surface area contributed by atoms with Crippen LogP contribution in [0.5, 0.6) is 0 Å². The van der Waals surface area contributed by atoms with Crippen LogP contribution in [0, 0.1) is 5.92 Å². The van der Waals surface area contributed by atoms with Crippen molar-refractivity contribution in [2.75, 3.05) is 45.9 Å². The quantitative estimate of drug-likeness (QED) is 0.389. The zero-order valence-corrected chi connectivity index (χ0v) is 20.7. The highest BCUT2D eigenvalue weighted by atomic mass is 16.5. The Kier molecular flexibility index (Phi) is 10.1. The first-order valence-corrected chi connectivity index (χ1v) is 12.7. The summed E-state index contributed by atoms with van der Waals surface area (Å²) in [5.41, 5.74) is 0.992. The van der Waals surface area contributed by atoms with Gasteiger partial charge in [0.1, 0.15) is 0 Å². The Morgan fingerprint density at radius 3 is 2.47 bits per heavy atom. The molecule has 2 saturated heterocycles. The van der Waals surface area contributed by atoms with Gasteiger partial charge in [0, 0.05) is 44.2 Å². The van der Waals surface area contributed by atoms with Gasteiger partial charge in [0.25, 0.3) is 0 Å². The Morgan fingerprint density at radius 1 is 1.06 bits per heavy atom. The zero-order valence-electron chi connectivity index (χ0n) is 20.7. The van der Waals surface area contributed by atoms with Crippen LogP contribution in [0.25, 0.3) is 6.08 Å². The van der Waals surface area contributed by atoms with E-state index in [9.17, 15) is 14.4 Å². The topological polar surface area (TPSA) is 70.2 Å². The van der Waals surface area contributed by atoms with Gasteiger partial charge in [0.15, 0.2) is 0 Å². The van der Waals surface area contributed by atoms with Crippen LogP contribution in [0.3, 0.4) is 0 Å². The number of likely N-dealkylation sites (tertiary alicyclic amines) is 2. The highest BCUT2D eigenvalue weighted by molar-refractivity contribution is 5.92. The number of nitrogens with zero attached hydrogens (tertiary/aromatic N) is 3. The van der Waals surface area contributed by atoms with E-state index in [0.717, 1.165) is 31.5 Å². The van der Waals surface area contributed by atoms with E-state index in [2.05, 4.69) is 11.8 Å². The number of benzene rings is 1. The SMILES string of the molecule is CCOC(=O)CCN(CC1CCCN1CC)C(=O)C1CCN(C(=O)/C=C/c2ccccc2)CC1. The second-order valence-electron chi connectivity index (χ2n) is 9.11. The van der Waals surface area contributed by atoms with Crippen LogP contribution in [0.2, 0.25) is 0 Å². The van der Waals surface area contributed by atoms with Gasteiger partial charge >= 0.3 is 5.97 Å². The van der Waals surface area contributed by atoms with Gasteiger partial charge in [0.05, 0.1) is 13.0 Å². The van der Waals surface area contributed by atoms with Crippen LogP contribution in [0.4, 0.5) is 0 Å². The smallest absolute Gasteiger partial charge is 0.307 e. The van der Waals surface area contributed by atoms with Crippen molar-refractivity contribution >= 4 is 23.9 Å². The van der Waals surface area contributed by atoms with E-state index in [0.29, 0.717) is 51.7 Å². The summed E-state index contributed by atoms with van der Waals surface area (Å²) in [6.45, 7) is 8.54. The van der Waals surface area contributed by atoms with Crippen molar-refractivity contribution in [2.45, 2.75) is 52.0 Å². The molecule has 34 heavy (non-hydrogen) atoms. The molecule has 2 amide bonds. The van der Waals surface area contributed by atoms with Gasteiger partial charge in [-0.3, -0.25) is 19.3 Å². The first-order chi connectivity index (χ1) is 16.5. The van der Waals surface area contributed by atoms with Crippen molar-refractivity contribution in [2.24, 2.45) is 5.92 Å². The molecule has 2 aliphatic heterocycles. The summed E-state index contributed by atoms with van der Waals surface area (Å²) >= 11 is 0. The Labute approximate surface area is 203 Å². The van der Waals surface area contributed by atoms with Crippen LogP contribution in [-0.2, 0) is 19.1 Å². The number of carbonyl (C=O) groups is 3. The third-order valence-electron chi connectivity index (χ3n) is 6.91. The summed E-state index contributed by atoms with van der Waals surface area (Å²) in [4.78, 5) is 44.2. The number of likely N-dealkylation sites (N-methyl/N-ethyl adjacent to an activating group) is 1. The minimum absolute atomic E-state index is 0.0153. The molecular weight excluding hydrogens is 430 g/mol. The number of ether oxygens (including phenoxy) is 1. The van der Waals surface area contributed by atoms with Crippen molar-refractivity contribution in [1.82, 2.24) is 14.7 Å². The average Bonchev–Trinajstić information content (AvgIpc) is 3.32. The van der Waals surface area contributed by atoms with Gasteiger partial charge in [-0.05, 0) is 57.3 Å². The fraction of sp³-hybridized carbons (Fsp3) is 0.593. The highest BCUT2D eigenvalue weighted by Gasteiger charge is 2.33. The third kappa shape index (κ3) is 7.42. The van der Waals surface area contributed by atoms with E-state index in [1.807, 2.05) is 46.2 Å². The fourth-order valence-electron chi connectivity index (χ4n) is 4.97. The molecule has 3 rings (SSSR count). The van der Waals surface area contributed by atoms with Crippen molar-refractivity contribution in [3.05, 3.63) is 42.0 Å². The van der Waals surface area contributed by atoms with Crippen molar-refractivity contribution in [3.63, 3.8) is 0 Å². The number of piperidine rings is 1. The average molecular weight is 470 g/mol. The molecule has 186 valence electrons. The molecule has 2 fully saturated rings. The Bertz CT molecular complexity index is 834. The van der Waals surface area contributed by atoms with Crippen LogP contribution in [0.1, 0.15) is 51.5 Å². The largest absolute Gasteiger partial charge is 0.466 e. The van der Waals surface area contributed by atoms with E-state index in [1.165, 1.54) is 0 Å². The maximum absolute atomic E-state index is 13.5. The van der Waals surface area contributed by atoms with Crippen LogP contribution >= 0.6 is 0 Å². The lowest BCUT2D eigenvalue weighted by Gasteiger charge is -2.36. The monoisotopic (exact) mass is 469 g/mol. The lowest BCUT2D eigenvalue weighted by molar-refractivity contribution is -0.145. The molecule has 0 spiro atoms. The number of hydrogen-bond acceptors (Lipinski definition) is 5. The number of carbonyl (C=O) groups excluding carboxylic acids is 3. The minimum Gasteiger partial charge on any atom is -0.466 e. The Balaban J connectivity index is 1.56. The molecule has 7 nitrogen and oxygen atoms in total. The standard InChI is InChI=1S/C27H39N3O4/c1-3-28-17-8-11-24(28)21-30(20-16-26(32)34-4-2)27(33)23-14-18-29(19-15-23)25(31)13-12-22-9-6-5-7-10-22/h5-7,9-10,12-13,23-24H,3-4,8,11,14-21H2,1-2H3/b13-12+. The van der Waals surface area contributed by atoms with Gasteiger partial charge < -0.3 is 14.5 Å². The lowest BCUT2D eigenvalue weighted by atomic mass is 9.94. The van der Waals surface area contributed by atoms with Crippen LogP contribution in [-0.4, -0.2) is 84.4 Å². The van der Waals surface area contributed by atoms with Gasteiger partial charge in [-0.2, -0.15) is 0 Å². The first-order valence-electron chi connectivity index (χ1n) is 12.7. The molecule has 1 unspecified atom stereocenters. The Hall–Kier alpha value is -2.67.